The molecule has 1 saturated heterocycles. The van der Waals surface area contributed by atoms with Crippen molar-refractivity contribution in [3.8, 4) is 0 Å². The van der Waals surface area contributed by atoms with Gasteiger partial charge >= 0.3 is 0 Å². The van der Waals surface area contributed by atoms with Gasteiger partial charge in [-0.2, -0.15) is 0 Å². The highest BCUT2D eigenvalue weighted by Gasteiger charge is 2.22. The first-order chi connectivity index (χ1) is 6.97. The van der Waals surface area contributed by atoms with Crippen molar-refractivity contribution in [1.82, 2.24) is 4.90 Å². The number of morpholine rings is 1. The second-order valence-electron chi connectivity index (χ2n) is 4.58. The normalized spacial score (nSPS) is 27.5. The van der Waals surface area contributed by atoms with E-state index in [1.807, 2.05) is 13.8 Å². The predicted octanol–water partition coefficient (Wildman–Crippen LogP) is 2.09. The topological polar surface area (TPSA) is 24.8 Å². The molecule has 0 aliphatic carbocycles. The van der Waals surface area contributed by atoms with Crippen LogP contribution in [0, 0.1) is 0 Å². The molecule has 3 nitrogen and oxygen atoms in total. The second-order valence-corrected chi connectivity index (χ2v) is 4.58. The summed E-state index contributed by atoms with van der Waals surface area (Å²) in [7, 11) is 0. The summed E-state index contributed by atoms with van der Waals surface area (Å²) < 4.78 is 5.67. The fraction of sp³-hybridized carbons (Fsp3) is 0.750. The van der Waals surface area contributed by atoms with Gasteiger partial charge in [0, 0.05) is 31.0 Å². The lowest BCUT2D eigenvalue weighted by atomic mass is 10.2. The van der Waals surface area contributed by atoms with Gasteiger partial charge in [0.1, 0.15) is 0 Å². The third-order valence-electron chi connectivity index (χ3n) is 2.28. The zero-order valence-corrected chi connectivity index (χ0v) is 10.3. The average Bonchev–Trinajstić information content (AvgIpc) is 1.98. The zero-order chi connectivity index (χ0) is 11.4. The number of aliphatic imine (C=N–C) groups is 1. The highest BCUT2D eigenvalue weighted by atomic mass is 16.5. The molecular formula is C12H22N2O. The molecule has 0 radical (unpaired) electrons. The van der Waals surface area contributed by atoms with Gasteiger partial charge in [-0.05, 0) is 27.7 Å². The molecule has 15 heavy (non-hydrogen) atoms. The molecule has 0 amide bonds. The SMILES string of the molecule is C=C(CN1CC(C)OC(C)C1)N=C(C)C. The fourth-order valence-corrected chi connectivity index (χ4v) is 2.02. The molecule has 0 N–H and O–H groups in total. The lowest BCUT2D eigenvalue weighted by molar-refractivity contribution is -0.0653. The lowest BCUT2D eigenvalue weighted by Crippen LogP contribution is -2.45. The Balaban J connectivity index is 2.44. The summed E-state index contributed by atoms with van der Waals surface area (Å²) in [6, 6.07) is 0. The first kappa shape index (κ1) is 12.4. The monoisotopic (exact) mass is 210 g/mol. The molecule has 1 aliphatic heterocycles. The van der Waals surface area contributed by atoms with E-state index >= 15 is 0 Å². The Morgan fingerprint density at radius 2 is 1.87 bits per heavy atom. The van der Waals surface area contributed by atoms with Crippen LogP contribution in [0.3, 0.4) is 0 Å². The van der Waals surface area contributed by atoms with Crippen LogP contribution in [0.1, 0.15) is 27.7 Å². The first-order valence-corrected chi connectivity index (χ1v) is 5.55. The molecule has 0 aromatic carbocycles. The zero-order valence-electron chi connectivity index (χ0n) is 10.3. The summed E-state index contributed by atoms with van der Waals surface area (Å²) in [4.78, 5) is 6.72. The van der Waals surface area contributed by atoms with E-state index in [1.54, 1.807) is 0 Å². The number of rotatable bonds is 3. The van der Waals surface area contributed by atoms with Crippen molar-refractivity contribution in [2.24, 2.45) is 4.99 Å². The van der Waals surface area contributed by atoms with Gasteiger partial charge in [0.15, 0.2) is 0 Å². The third-order valence-corrected chi connectivity index (χ3v) is 2.28. The van der Waals surface area contributed by atoms with Crippen molar-refractivity contribution in [2.45, 2.75) is 39.9 Å². The van der Waals surface area contributed by atoms with Gasteiger partial charge in [0.2, 0.25) is 0 Å². The predicted molar refractivity (Wildman–Crippen MR) is 64.4 cm³/mol. The Hall–Kier alpha value is -0.670. The van der Waals surface area contributed by atoms with Gasteiger partial charge in [-0.15, -0.1) is 0 Å². The molecule has 0 spiro atoms. The maximum absolute atomic E-state index is 5.67. The van der Waals surface area contributed by atoms with E-state index in [0.717, 1.165) is 31.0 Å². The Bertz CT molecular complexity index is 246. The molecule has 3 heteroatoms. The number of nitrogens with zero attached hydrogens (tertiary/aromatic N) is 2. The first-order valence-electron chi connectivity index (χ1n) is 5.55. The Morgan fingerprint density at radius 3 is 2.33 bits per heavy atom. The number of hydrogen-bond acceptors (Lipinski definition) is 3. The molecular weight excluding hydrogens is 188 g/mol. The summed E-state index contributed by atoms with van der Waals surface area (Å²) in [5.74, 6) is 0. The molecule has 0 bridgehead atoms. The summed E-state index contributed by atoms with van der Waals surface area (Å²) in [5.41, 5.74) is 2.01. The van der Waals surface area contributed by atoms with Gasteiger partial charge in [-0.25, -0.2) is 0 Å². The maximum atomic E-state index is 5.67. The minimum absolute atomic E-state index is 0.313. The van der Waals surface area contributed by atoms with Crippen molar-refractivity contribution in [3.63, 3.8) is 0 Å². The van der Waals surface area contributed by atoms with Crippen LogP contribution in [0.15, 0.2) is 17.3 Å². The van der Waals surface area contributed by atoms with E-state index in [-0.39, 0.29) is 0 Å². The van der Waals surface area contributed by atoms with E-state index in [0.29, 0.717) is 12.2 Å². The molecule has 0 aromatic rings. The number of ether oxygens (including phenoxy) is 1. The van der Waals surface area contributed by atoms with Crippen molar-refractivity contribution in [2.75, 3.05) is 19.6 Å². The van der Waals surface area contributed by atoms with Crippen LogP contribution < -0.4 is 0 Å². The molecule has 86 valence electrons. The lowest BCUT2D eigenvalue weighted by Gasteiger charge is -2.35. The summed E-state index contributed by atoms with van der Waals surface area (Å²) in [6.45, 7) is 15.0. The van der Waals surface area contributed by atoms with Gasteiger partial charge in [0.05, 0.1) is 12.2 Å². The van der Waals surface area contributed by atoms with Gasteiger partial charge in [0.25, 0.3) is 0 Å². The summed E-state index contributed by atoms with van der Waals surface area (Å²) in [5, 5.41) is 0. The van der Waals surface area contributed by atoms with Crippen LogP contribution in [0.5, 0.6) is 0 Å². The van der Waals surface area contributed by atoms with Crippen LogP contribution in [-0.4, -0.2) is 42.5 Å². The molecule has 2 unspecified atom stereocenters. The quantitative estimate of drug-likeness (QED) is 0.666. The molecule has 0 aromatic heterocycles. The third kappa shape index (κ3) is 4.58. The molecule has 1 aliphatic rings. The van der Waals surface area contributed by atoms with Crippen molar-refractivity contribution in [1.29, 1.82) is 0 Å². The Morgan fingerprint density at radius 1 is 1.33 bits per heavy atom. The minimum atomic E-state index is 0.313. The Kier molecular flexibility index (Phi) is 4.48. The average molecular weight is 210 g/mol. The van der Waals surface area contributed by atoms with E-state index in [1.165, 1.54) is 0 Å². The second kappa shape index (κ2) is 5.42. The maximum Gasteiger partial charge on any atom is 0.0678 e. The molecule has 1 heterocycles. The van der Waals surface area contributed by atoms with Crippen LogP contribution in [0.25, 0.3) is 0 Å². The highest BCUT2D eigenvalue weighted by molar-refractivity contribution is 5.80. The molecule has 2 atom stereocenters. The van der Waals surface area contributed by atoms with Gasteiger partial charge < -0.3 is 4.74 Å². The van der Waals surface area contributed by atoms with Gasteiger partial charge in [-0.1, -0.05) is 6.58 Å². The summed E-state index contributed by atoms with van der Waals surface area (Å²) >= 11 is 0. The largest absolute Gasteiger partial charge is 0.373 e. The minimum Gasteiger partial charge on any atom is -0.373 e. The van der Waals surface area contributed by atoms with Crippen LogP contribution in [-0.2, 0) is 4.74 Å². The molecule has 0 saturated carbocycles. The Labute approximate surface area is 92.8 Å². The van der Waals surface area contributed by atoms with E-state index in [9.17, 15) is 0 Å². The summed E-state index contributed by atoms with van der Waals surface area (Å²) in [6.07, 6.45) is 0.626. The smallest absolute Gasteiger partial charge is 0.0678 e. The van der Waals surface area contributed by atoms with Crippen LogP contribution in [0.4, 0.5) is 0 Å². The van der Waals surface area contributed by atoms with Crippen LogP contribution >= 0.6 is 0 Å². The highest BCUT2D eigenvalue weighted by Crippen LogP contribution is 2.12. The standard InChI is InChI=1S/C12H22N2O/c1-9(2)13-10(3)6-14-7-11(4)15-12(5)8-14/h11-12H,3,6-8H2,1-2,4-5H3. The molecule has 1 fully saturated rings. The number of hydrogen-bond donors (Lipinski definition) is 0. The van der Waals surface area contributed by atoms with E-state index in [2.05, 4.69) is 30.3 Å². The van der Waals surface area contributed by atoms with Crippen molar-refractivity contribution >= 4 is 5.71 Å². The van der Waals surface area contributed by atoms with E-state index < -0.39 is 0 Å². The van der Waals surface area contributed by atoms with Gasteiger partial charge in [-0.3, -0.25) is 9.89 Å². The van der Waals surface area contributed by atoms with Crippen molar-refractivity contribution < 1.29 is 4.74 Å². The van der Waals surface area contributed by atoms with E-state index in [4.69, 9.17) is 4.74 Å². The van der Waals surface area contributed by atoms with Crippen molar-refractivity contribution in [3.05, 3.63) is 12.3 Å². The van der Waals surface area contributed by atoms with Crippen LogP contribution in [0.2, 0.25) is 0 Å². The molecule has 1 rings (SSSR count). The fourth-order valence-electron chi connectivity index (χ4n) is 2.02.